The van der Waals surface area contributed by atoms with Crippen LogP contribution in [0.25, 0.3) is 0 Å². The number of aryl methyl sites for hydroxylation is 1. The highest BCUT2D eigenvalue weighted by Crippen LogP contribution is 2.34. The first-order chi connectivity index (χ1) is 14.1. The van der Waals surface area contributed by atoms with Gasteiger partial charge in [0.05, 0.1) is 0 Å². The van der Waals surface area contributed by atoms with Crippen molar-refractivity contribution < 1.29 is 4.52 Å². The maximum Gasteiger partial charge on any atom is 0.226 e. The zero-order valence-corrected chi connectivity index (χ0v) is 18.3. The van der Waals surface area contributed by atoms with Crippen LogP contribution < -0.4 is 5.32 Å². The molecule has 0 spiro atoms. The van der Waals surface area contributed by atoms with Crippen LogP contribution in [0.15, 0.2) is 39.8 Å². The quantitative estimate of drug-likeness (QED) is 0.430. The molecular formula is C23H35N5O. The number of guanidine groups is 1. The summed E-state index contributed by atoms with van der Waals surface area (Å²) in [4.78, 5) is 11.4. The van der Waals surface area contributed by atoms with Crippen LogP contribution in [0.5, 0.6) is 0 Å². The van der Waals surface area contributed by atoms with E-state index in [0.29, 0.717) is 17.8 Å². The summed E-state index contributed by atoms with van der Waals surface area (Å²) < 4.78 is 5.33. The summed E-state index contributed by atoms with van der Waals surface area (Å²) >= 11 is 0. The Hall–Kier alpha value is -2.37. The molecule has 0 aliphatic carbocycles. The van der Waals surface area contributed by atoms with E-state index in [4.69, 9.17) is 4.52 Å². The van der Waals surface area contributed by atoms with Crippen molar-refractivity contribution in [3.63, 3.8) is 0 Å². The Morgan fingerprint density at radius 2 is 2.10 bits per heavy atom. The van der Waals surface area contributed by atoms with Crippen molar-refractivity contribution in [1.29, 1.82) is 0 Å². The number of benzene rings is 1. The number of hydrogen-bond donors (Lipinski definition) is 1. The Kier molecular flexibility index (Phi) is 7.67. The first kappa shape index (κ1) is 21.3. The number of nitrogens with one attached hydrogen (secondary N) is 1. The predicted octanol–water partition coefficient (Wildman–Crippen LogP) is 4.22. The van der Waals surface area contributed by atoms with Crippen molar-refractivity contribution in [3.05, 3.63) is 47.6 Å². The van der Waals surface area contributed by atoms with Gasteiger partial charge in [0.1, 0.15) is 0 Å². The van der Waals surface area contributed by atoms with Gasteiger partial charge in [0, 0.05) is 39.0 Å². The average Bonchev–Trinajstić information content (AvgIpc) is 3.23. The van der Waals surface area contributed by atoms with Gasteiger partial charge in [-0.15, -0.1) is 0 Å². The lowest BCUT2D eigenvalue weighted by atomic mass is 9.79. The monoisotopic (exact) mass is 397 g/mol. The molecule has 1 aromatic carbocycles. The van der Waals surface area contributed by atoms with Gasteiger partial charge in [-0.25, -0.2) is 0 Å². The van der Waals surface area contributed by atoms with E-state index in [2.05, 4.69) is 76.5 Å². The maximum atomic E-state index is 5.33. The van der Waals surface area contributed by atoms with Crippen LogP contribution in [-0.2, 0) is 6.42 Å². The van der Waals surface area contributed by atoms with Gasteiger partial charge in [0.15, 0.2) is 11.8 Å². The molecule has 0 radical (unpaired) electrons. The Morgan fingerprint density at radius 1 is 1.31 bits per heavy atom. The standard InChI is InChI=1S/C23H35N5O/c1-5-18-16-28(15-13-20(18)19-10-7-6-8-11-19)23(24-4)25-14-9-12-21-26-22(17(2)3)27-29-21/h6-8,10-11,17-18,20H,5,9,12-16H2,1-4H3,(H,24,25). The molecule has 1 saturated heterocycles. The highest BCUT2D eigenvalue weighted by atomic mass is 16.5. The SMILES string of the molecule is CCC1CN(C(=NC)NCCCc2nc(C(C)C)no2)CCC1c1ccccc1. The molecule has 1 N–H and O–H groups in total. The van der Waals surface area contributed by atoms with E-state index in [-0.39, 0.29) is 0 Å². The van der Waals surface area contributed by atoms with E-state index in [0.717, 1.165) is 50.2 Å². The lowest BCUT2D eigenvalue weighted by molar-refractivity contribution is 0.215. The van der Waals surface area contributed by atoms with E-state index < -0.39 is 0 Å². The van der Waals surface area contributed by atoms with Crippen LogP contribution in [0.1, 0.15) is 69.1 Å². The van der Waals surface area contributed by atoms with Crippen molar-refractivity contribution in [3.8, 4) is 0 Å². The minimum absolute atomic E-state index is 0.301. The highest BCUT2D eigenvalue weighted by Gasteiger charge is 2.30. The Labute approximate surface area is 174 Å². The molecule has 0 bridgehead atoms. The third-order valence-corrected chi connectivity index (χ3v) is 5.85. The van der Waals surface area contributed by atoms with E-state index >= 15 is 0 Å². The van der Waals surface area contributed by atoms with Crippen LogP contribution in [0.3, 0.4) is 0 Å². The number of aliphatic imine (C=N–C) groups is 1. The summed E-state index contributed by atoms with van der Waals surface area (Å²) in [7, 11) is 1.87. The molecular weight excluding hydrogens is 362 g/mol. The third-order valence-electron chi connectivity index (χ3n) is 5.85. The highest BCUT2D eigenvalue weighted by molar-refractivity contribution is 5.80. The molecule has 6 heteroatoms. The fourth-order valence-electron chi connectivity index (χ4n) is 4.15. The average molecular weight is 398 g/mol. The van der Waals surface area contributed by atoms with Gasteiger partial charge in [-0.3, -0.25) is 4.99 Å². The summed E-state index contributed by atoms with van der Waals surface area (Å²) in [5.41, 5.74) is 1.47. The van der Waals surface area contributed by atoms with Gasteiger partial charge in [0.25, 0.3) is 0 Å². The van der Waals surface area contributed by atoms with Crippen molar-refractivity contribution >= 4 is 5.96 Å². The van der Waals surface area contributed by atoms with E-state index in [1.807, 2.05) is 7.05 Å². The first-order valence-electron chi connectivity index (χ1n) is 10.9. The van der Waals surface area contributed by atoms with Gasteiger partial charge in [-0.2, -0.15) is 4.98 Å². The molecule has 2 aromatic rings. The third kappa shape index (κ3) is 5.58. The van der Waals surface area contributed by atoms with Crippen LogP contribution in [0.2, 0.25) is 0 Å². The van der Waals surface area contributed by atoms with Crippen LogP contribution in [0.4, 0.5) is 0 Å². The van der Waals surface area contributed by atoms with Gasteiger partial charge in [0.2, 0.25) is 5.89 Å². The number of nitrogens with zero attached hydrogens (tertiary/aromatic N) is 4. The summed E-state index contributed by atoms with van der Waals surface area (Å²) in [5.74, 6) is 4.11. The van der Waals surface area contributed by atoms with E-state index in [1.54, 1.807) is 0 Å². The molecule has 1 aliphatic rings. The summed E-state index contributed by atoms with van der Waals surface area (Å²) in [5, 5.41) is 7.55. The molecule has 0 saturated carbocycles. The molecule has 6 nitrogen and oxygen atoms in total. The number of hydrogen-bond acceptors (Lipinski definition) is 4. The second kappa shape index (κ2) is 10.4. The summed E-state index contributed by atoms with van der Waals surface area (Å²) in [6.45, 7) is 9.39. The maximum absolute atomic E-state index is 5.33. The molecule has 1 fully saturated rings. The van der Waals surface area contributed by atoms with Crippen molar-refractivity contribution in [2.75, 3.05) is 26.7 Å². The van der Waals surface area contributed by atoms with E-state index in [1.165, 1.54) is 18.4 Å². The fraction of sp³-hybridized carbons (Fsp3) is 0.609. The lowest BCUT2D eigenvalue weighted by Crippen LogP contribution is -2.48. The Bertz CT molecular complexity index is 771. The number of rotatable bonds is 7. The number of aromatic nitrogens is 2. The zero-order chi connectivity index (χ0) is 20.6. The van der Waals surface area contributed by atoms with Crippen LogP contribution >= 0.6 is 0 Å². The molecule has 158 valence electrons. The van der Waals surface area contributed by atoms with Gasteiger partial charge in [-0.1, -0.05) is 62.7 Å². The number of likely N-dealkylation sites (tertiary alicyclic amines) is 1. The summed E-state index contributed by atoms with van der Waals surface area (Å²) in [6, 6.07) is 11.0. The molecule has 29 heavy (non-hydrogen) atoms. The molecule has 2 atom stereocenters. The predicted molar refractivity (Wildman–Crippen MR) is 117 cm³/mol. The second-order valence-corrected chi connectivity index (χ2v) is 8.20. The normalized spacial score (nSPS) is 20.3. The van der Waals surface area contributed by atoms with Gasteiger partial charge in [-0.05, 0) is 30.2 Å². The van der Waals surface area contributed by atoms with Gasteiger partial charge < -0.3 is 14.7 Å². The minimum Gasteiger partial charge on any atom is -0.356 e. The van der Waals surface area contributed by atoms with Crippen molar-refractivity contribution in [2.45, 2.75) is 58.3 Å². The minimum atomic E-state index is 0.301. The molecule has 2 heterocycles. The molecule has 2 unspecified atom stereocenters. The van der Waals surface area contributed by atoms with Crippen LogP contribution in [-0.4, -0.2) is 47.7 Å². The molecule has 1 aliphatic heterocycles. The zero-order valence-electron chi connectivity index (χ0n) is 18.3. The summed E-state index contributed by atoms with van der Waals surface area (Å²) in [6.07, 6.45) is 4.08. The van der Waals surface area contributed by atoms with Crippen LogP contribution in [0, 0.1) is 5.92 Å². The van der Waals surface area contributed by atoms with Crippen molar-refractivity contribution in [1.82, 2.24) is 20.4 Å². The van der Waals surface area contributed by atoms with E-state index in [9.17, 15) is 0 Å². The molecule has 0 amide bonds. The lowest BCUT2D eigenvalue weighted by Gasteiger charge is -2.40. The second-order valence-electron chi connectivity index (χ2n) is 8.20. The first-order valence-corrected chi connectivity index (χ1v) is 10.9. The number of piperidine rings is 1. The Balaban J connectivity index is 1.48. The van der Waals surface area contributed by atoms with Gasteiger partial charge >= 0.3 is 0 Å². The topological polar surface area (TPSA) is 66.5 Å². The molecule has 3 rings (SSSR count). The smallest absolute Gasteiger partial charge is 0.226 e. The molecule has 1 aromatic heterocycles. The Morgan fingerprint density at radius 3 is 2.76 bits per heavy atom. The fourth-order valence-corrected chi connectivity index (χ4v) is 4.15. The van der Waals surface area contributed by atoms with Crippen molar-refractivity contribution in [2.24, 2.45) is 10.9 Å². The largest absolute Gasteiger partial charge is 0.356 e.